The summed E-state index contributed by atoms with van der Waals surface area (Å²) in [6.07, 6.45) is 3.76. The Hall–Kier alpha value is -2.93. The van der Waals surface area contributed by atoms with Crippen LogP contribution in [0.4, 0.5) is 0 Å². The van der Waals surface area contributed by atoms with E-state index in [1.54, 1.807) is 24.3 Å². The van der Waals surface area contributed by atoms with Crippen molar-refractivity contribution in [1.29, 1.82) is 0 Å². The molecule has 0 aliphatic carbocycles. The van der Waals surface area contributed by atoms with Crippen LogP contribution in [0.15, 0.2) is 48.8 Å². The van der Waals surface area contributed by atoms with Gasteiger partial charge >= 0.3 is 0 Å². The second kappa shape index (κ2) is 7.56. The molecule has 2 N–H and O–H groups in total. The van der Waals surface area contributed by atoms with Crippen molar-refractivity contribution in [2.24, 2.45) is 0 Å². The number of hydrogen-bond donors (Lipinski definition) is 2. The van der Waals surface area contributed by atoms with Crippen molar-refractivity contribution in [1.82, 2.24) is 14.8 Å². The summed E-state index contributed by atoms with van der Waals surface area (Å²) in [5.41, 5.74) is 1.22. The molecule has 2 rings (SSSR count). The summed E-state index contributed by atoms with van der Waals surface area (Å²) in [6, 6.07) is 9.20. The smallest absolute Gasteiger partial charge is 0.254 e. The minimum Gasteiger partial charge on any atom is -0.388 e. The highest BCUT2D eigenvalue weighted by Crippen LogP contribution is 2.13. The number of aliphatic hydroxyl groups excluding tert-OH is 1. The molecule has 7 nitrogen and oxygen atoms in total. The molecule has 126 valence electrons. The van der Waals surface area contributed by atoms with E-state index in [1.165, 1.54) is 14.1 Å². The Bertz CT molecular complexity index is 707. The van der Waals surface area contributed by atoms with Crippen LogP contribution in [0.3, 0.4) is 0 Å². The van der Waals surface area contributed by atoms with E-state index in [0.717, 1.165) is 10.6 Å². The molecule has 0 aliphatic rings. The molecule has 1 atom stereocenters. The van der Waals surface area contributed by atoms with Gasteiger partial charge in [-0.2, -0.15) is 0 Å². The van der Waals surface area contributed by atoms with Crippen molar-refractivity contribution in [3.05, 3.63) is 54.4 Å². The summed E-state index contributed by atoms with van der Waals surface area (Å²) in [5.74, 6) is -1.87. The second-order valence-electron chi connectivity index (χ2n) is 5.19. The fourth-order valence-corrected chi connectivity index (χ4v) is 2.36. The van der Waals surface area contributed by atoms with Crippen LogP contribution in [0.2, 0.25) is 0 Å². The molecule has 1 heterocycles. The molecule has 1 aromatic heterocycles. The van der Waals surface area contributed by atoms with E-state index >= 15 is 0 Å². The average molecular weight is 329 g/mol. The highest BCUT2D eigenvalue weighted by atomic mass is 16.3. The van der Waals surface area contributed by atoms with E-state index < -0.39 is 30.2 Å². The maximum Gasteiger partial charge on any atom is 0.254 e. The first-order chi connectivity index (χ1) is 11.5. The van der Waals surface area contributed by atoms with Crippen LogP contribution in [0.25, 0.3) is 5.69 Å². The Labute approximate surface area is 139 Å². The molecule has 0 bridgehead atoms. The van der Waals surface area contributed by atoms with E-state index in [4.69, 9.17) is 5.11 Å². The lowest BCUT2D eigenvalue weighted by molar-refractivity contribution is -0.135. The van der Waals surface area contributed by atoms with Gasteiger partial charge in [0, 0.05) is 37.7 Å². The van der Waals surface area contributed by atoms with Crippen molar-refractivity contribution in [3.63, 3.8) is 0 Å². The van der Waals surface area contributed by atoms with Crippen LogP contribution in [0.1, 0.15) is 10.4 Å². The van der Waals surface area contributed by atoms with Gasteiger partial charge in [-0.15, -0.1) is 0 Å². The van der Waals surface area contributed by atoms with E-state index in [1.807, 2.05) is 29.1 Å². The Morgan fingerprint density at radius 2 is 1.75 bits per heavy atom. The largest absolute Gasteiger partial charge is 0.388 e. The van der Waals surface area contributed by atoms with Crippen LogP contribution < -0.4 is 5.32 Å². The van der Waals surface area contributed by atoms with Crippen molar-refractivity contribution in [3.8, 4) is 5.69 Å². The number of hydrogen-bond acceptors (Lipinski definition) is 4. The van der Waals surface area contributed by atoms with Gasteiger partial charge in [0.1, 0.15) is 6.61 Å². The topological polar surface area (TPSA) is 91.6 Å². The minimum atomic E-state index is -1.36. The van der Waals surface area contributed by atoms with E-state index in [9.17, 15) is 14.4 Å². The molecule has 7 heteroatoms. The summed E-state index contributed by atoms with van der Waals surface area (Å²) >= 11 is 0. The molecule has 24 heavy (non-hydrogen) atoms. The molecule has 1 unspecified atom stereocenters. The number of likely N-dealkylation sites (N-methyl/N-ethyl adjacent to an activating group) is 2. The lowest BCUT2D eigenvalue weighted by Gasteiger charge is -2.25. The van der Waals surface area contributed by atoms with E-state index in [2.05, 4.69) is 5.32 Å². The van der Waals surface area contributed by atoms with Crippen LogP contribution in [0.5, 0.6) is 0 Å². The first-order valence-electron chi connectivity index (χ1n) is 7.35. The Morgan fingerprint density at radius 3 is 2.25 bits per heavy atom. The zero-order chi connectivity index (χ0) is 17.7. The summed E-state index contributed by atoms with van der Waals surface area (Å²) < 4.78 is 1.89. The monoisotopic (exact) mass is 329 g/mol. The highest BCUT2D eigenvalue weighted by molar-refractivity contribution is 6.10. The third-order valence-corrected chi connectivity index (χ3v) is 3.68. The fourth-order valence-electron chi connectivity index (χ4n) is 2.36. The number of nitrogens with zero attached hydrogens (tertiary/aromatic N) is 2. The number of carbonyl (C=O) groups is 3. The summed E-state index contributed by atoms with van der Waals surface area (Å²) in [5, 5.41) is 11.3. The maximum absolute atomic E-state index is 12.5. The van der Waals surface area contributed by atoms with Crippen LogP contribution in [-0.4, -0.2) is 58.9 Å². The number of Topliss-reactive ketones (excluding diaryl/α,β-unsaturated/α-hetero) is 1. The van der Waals surface area contributed by atoms with Gasteiger partial charge in [-0.25, -0.2) is 0 Å². The van der Waals surface area contributed by atoms with Crippen LogP contribution in [-0.2, 0) is 9.59 Å². The molecule has 0 saturated carbocycles. The zero-order valence-electron chi connectivity index (χ0n) is 13.5. The predicted molar refractivity (Wildman–Crippen MR) is 87.8 cm³/mol. The predicted octanol–water partition coefficient (Wildman–Crippen LogP) is 0.225. The number of benzene rings is 1. The fraction of sp³-hybridized carbons (Fsp3) is 0.235. The van der Waals surface area contributed by atoms with Crippen molar-refractivity contribution >= 4 is 17.6 Å². The molecule has 2 aromatic rings. The van der Waals surface area contributed by atoms with E-state index in [-0.39, 0.29) is 0 Å². The van der Waals surface area contributed by atoms with Gasteiger partial charge in [0.15, 0.2) is 11.8 Å². The normalized spacial score (nSPS) is 11.6. The third-order valence-electron chi connectivity index (χ3n) is 3.68. The van der Waals surface area contributed by atoms with Crippen LogP contribution >= 0.6 is 0 Å². The number of amides is 2. The Kier molecular flexibility index (Phi) is 5.49. The van der Waals surface area contributed by atoms with Gasteiger partial charge in [-0.3, -0.25) is 14.4 Å². The van der Waals surface area contributed by atoms with E-state index in [0.29, 0.717) is 5.56 Å². The molecule has 0 saturated heterocycles. The summed E-state index contributed by atoms with van der Waals surface area (Å²) in [7, 11) is 2.72. The molecule has 0 fully saturated rings. The maximum atomic E-state index is 12.5. The molecule has 0 aliphatic heterocycles. The van der Waals surface area contributed by atoms with Crippen molar-refractivity contribution in [2.75, 3.05) is 20.7 Å². The molecule has 0 radical (unpaired) electrons. The highest BCUT2D eigenvalue weighted by Gasteiger charge is 2.32. The molecular formula is C17H19N3O4. The number of aromatic nitrogens is 1. The van der Waals surface area contributed by atoms with Crippen molar-refractivity contribution < 1.29 is 19.5 Å². The van der Waals surface area contributed by atoms with Gasteiger partial charge < -0.3 is 19.9 Å². The first-order valence-corrected chi connectivity index (χ1v) is 7.35. The van der Waals surface area contributed by atoms with Gasteiger partial charge in [0.05, 0.1) is 0 Å². The number of carbonyl (C=O) groups excluding carboxylic acids is 3. The van der Waals surface area contributed by atoms with Gasteiger partial charge in [0.2, 0.25) is 5.91 Å². The lowest BCUT2D eigenvalue weighted by atomic mass is 10.1. The average Bonchev–Trinajstić information content (AvgIpc) is 3.15. The van der Waals surface area contributed by atoms with Crippen LogP contribution in [0, 0.1) is 0 Å². The second-order valence-corrected chi connectivity index (χ2v) is 5.19. The Morgan fingerprint density at radius 1 is 1.17 bits per heavy atom. The molecule has 1 aromatic carbocycles. The number of aliphatic hydroxyl groups is 1. The van der Waals surface area contributed by atoms with Gasteiger partial charge in [-0.05, 0) is 36.4 Å². The number of nitrogens with one attached hydrogen (secondary N) is 1. The summed E-state index contributed by atoms with van der Waals surface area (Å²) in [6.45, 7) is -0.817. The number of ketones is 1. The Balaban J connectivity index is 2.22. The zero-order valence-corrected chi connectivity index (χ0v) is 13.5. The number of rotatable bonds is 6. The standard InChI is InChI=1S/C17H19N3O4/c1-18-16(23)15(14(22)11-21)19(2)17(24)12-5-7-13(8-6-12)20-9-3-4-10-20/h3-10,15,21H,11H2,1-2H3,(H,18,23). The minimum absolute atomic E-state index is 0.341. The molecular weight excluding hydrogens is 310 g/mol. The SMILES string of the molecule is CNC(=O)C(C(=O)CO)N(C)C(=O)c1ccc(-n2cccc2)cc1. The third kappa shape index (κ3) is 3.52. The van der Waals surface area contributed by atoms with Gasteiger partial charge in [-0.1, -0.05) is 0 Å². The van der Waals surface area contributed by atoms with Crippen molar-refractivity contribution in [2.45, 2.75) is 6.04 Å². The summed E-state index contributed by atoms with van der Waals surface area (Å²) in [4.78, 5) is 37.2. The first kappa shape index (κ1) is 17.4. The quantitative estimate of drug-likeness (QED) is 0.742. The molecule has 0 spiro atoms. The molecule has 2 amide bonds. The lowest BCUT2D eigenvalue weighted by Crippen LogP contribution is -2.52. The van der Waals surface area contributed by atoms with Gasteiger partial charge in [0.25, 0.3) is 5.91 Å².